The van der Waals surface area contributed by atoms with Gasteiger partial charge < -0.3 is 4.74 Å². The van der Waals surface area contributed by atoms with Crippen molar-refractivity contribution >= 4 is 11.8 Å². The maximum atomic E-state index is 5.74. The van der Waals surface area contributed by atoms with E-state index < -0.39 is 0 Å². The first-order valence-electron chi connectivity index (χ1n) is 5.71. The van der Waals surface area contributed by atoms with Gasteiger partial charge in [0.05, 0.1) is 13.2 Å². The van der Waals surface area contributed by atoms with Crippen LogP contribution < -0.4 is 5.32 Å². The van der Waals surface area contributed by atoms with E-state index in [0.29, 0.717) is 0 Å². The Kier molecular flexibility index (Phi) is 2.32. The van der Waals surface area contributed by atoms with Crippen LogP contribution in [0.25, 0.3) is 0 Å². The van der Waals surface area contributed by atoms with E-state index in [0.717, 1.165) is 19.0 Å². The van der Waals surface area contributed by atoms with Crippen molar-refractivity contribution < 1.29 is 4.74 Å². The van der Waals surface area contributed by atoms with E-state index in [9.17, 15) is 0 Å². The lowest BCUT2D eigenvalue weighted by atomic mass is 9.96. The molecule has 2 aliphatic heterocycles. The zero-order valence-electron chi connectivity index (χ0n) is 9.75. The Bertz CT molecular complexity index is 418. The van der Waals surface area contributed by atoms with Gasteiger partial charge in [-0.25, -0.2) is 0 Å². The molecule has 0 aliphatic carbocycles. The van der Waals surface area contributed by atoms with Crippen LogP contribution in [0.4, 0.5) is 0 Å². The van der Waals surface area contributed by atoms with E-state index in [4.69, 9.17) is 4.74 Å². The second kappa shape index (κ2) is 3.49. The van der Waals surface area contributed by atoms with Gasteiger partial charge in [0.25, 0.3) is 0 Å². The van der Waals surface area contributed by atoms with E-state index in [1.54, 1.807) is 0 Å². The quantitative estimate of drug-likeness (QED) is 0.746. The van der Waals surface area contributed by atoms with Crippen LogP contribution in [0, 0.1) is 0 Å². The average molecular weight is 235 g/mol. The molecule has 1 spiro atoms. The van der Waals surface area contributed by atoms with Crippen LogP contribution in [0.1, 0.15) is 25.0 Å². The first kappa shape index (κ1) is 10.6. The summed E-state index contributed by atoms with van der Waals surface area (Å²) in [7, 11) is 0. The highest BCUT2D eigenvalue weighted by Gasteiger charge is 2.47. The normalized spacial score (nSPS) is 31.6. The molecule has 1 aromatic rings. The molecule has 2 heterocycles. The largest absolute Gasteiger partial charge is 0.374 e. The van der Waals surface area contributed by atoms with Gasteiger partial charge in [-0.05, 0) is 25.0 Å². The van der Waals surface area contributed by atoms with Gasteiger partial charge in [-0.2, -0.15) is 0 Å². The Hall–Kier alpha value is -0.510. The van der Waals surface area contributed by atoms with Gasteiger partial charge in [-0.15, -0.1) is 11.8 Å². The molecule has 1 atom stereocenters. The molecule has 1 N–H and O–H groups in total. The summed E-state index contributed by atoms with van der Waals surface area (Å²) in [5, 5.41) is 3.74. The van der Waals surface area contributed by atoms with Crippen molar-refractivity contribution in [3.05, 3.63) is 35.4 Å². The third-order valence-electron chi connectivity index (χ3n) is 3.24. The van der Waals surface area contributed by atoms with Crippen LogP contribution in [0.2, 0.25) is 0 Å². The molecule has 2 nitrogen and oxygen atoms in total. The number of rotatable bonds is 0. The SMILES string of the molecule is CC1(C)CSC2(COCc3ccccc32)N1. The van der Waals surface area contributed by atoms with Crippen molar-refractivity contribution in [2.24, 2.45) is 0 Å². The van der Waals surface area contributed by atoms with E-state index in [1.807, 2.05) is 11.8 Å². The van der Waals surface area contributed by atoms with Gasteiger partial charge in [0.1, 0.15) is 4.87 Å². The molecular weight excluding hydrogens is 218 g/mol. The Morgan fingerprint density at radius 2 is 2.12 bits per heavy atom. The van der Waals surface area contributed by atoms with Crippen LogP contribution in [0.15, 0.2) is 24.3 Å². The lowest BCUT2D eigenvalue weighted by molar-refractivity contribution is 0.0664. The van der Waals surface area contributed by atoms with Crippen molar-refractivity contribution in [3.63, 3.8) is 0 Å². The number of nitrogens with one attached hydrogen (secondary N) is 1. The minimum absolute atomic E-state index is 0.0155. The van der Waals surface area contributed by atoms with Crippen LogP contribution >= 0.6 is 11.8 Å². The minimum Gasteiger partial charge on any atom is -0.374 e. The predicted molar refractivity (Wildman–Crippen MR) is 67.4 cm³/mol. The average Bonchev–Trinajstić information content (AvgIpc) is 2.56. The molecule has 1 aromatic carbocycles. The van der Waals surface area contributed by atoms with E-state index >= 15 is 0 Å². The lowest BCUT2D eigenvalue weighted by Gasteiger charge is -2.36. The molecule has 2 aliphatic rings. The van der Waals surface area contributed by atoms with Gasteiger partial charge >= 0.3 is 0 Å². The number of benzene rings is 1. The summed E-state index contributed by atoms with van der Waals surface area (Å²) >= 11 is 1.98. The second-order valence-corrected chi connectivity index (χ2v) is 6.55. The molecule has 3 rings (SSSR count). The first-order chi connectivity index (χ1) is 7.61. The Morgan fingerprint density at radius 1 is 1.31 bits per heavy atom. The lowest BCUT2D eigenvalue weighted by Crippen LogP contribution is -2.49. The number of fused-ring (bicyclic) bond motifs is 2. The topological polar surface area (TPSA) is 21.3 Å². The van der Waals surface area contributed by atoms with E-state index in [-0.39, 0.29) is 10.4 Å². The molecule has 0 saturated carbocycles. The van der Waals surface area contributed by atoms with Crippen LogP contribution in [0.5, 0.6) is 0 Å². The fourth-order valence-electron chi connectivity index (χ4n) is 2.57. The third kappa shape index (κ3) is 1.58. The molecule has 1 saturated heterocycles. The summed E-state index contributed by atoms with van der Waals surface area (Å²) in [5.41, 5.74) is 2.93. The molecule has 16 heavy (non-hydrogen) atoms. The highest BCUT2D eigenvalue weighted by molar-refractivity contribution is 8.00. The van der Waals surface area contributed by atoms with Gasteiger partial charge in [0, 0.05) is 11.3 Å². The molecule has 0 bridgehead atoms. The highest BCUT2D eigenvalue weighted by atomic mass is 32.2. The zero-order chi connectivity index (χ0) is 11.2. The van der Waals surface area contributed by atoms with Crippen LogP contribution in [-0.2, 0) is 16.2 Å². The molecule has 86 valence electrons. The zero-order valence-corrected chi connectivity index (χ0v) is 10.6. The van der Waals surface area contributed by atoms with Crippen LogP contribution in [0.3, 0.4) is 0 Å². The summed E-state index contributed by atoms with van der Waals surface area (Å²) in [6.45, 7) is 6.04. The summed E-state index contributed by atoms with van der Waals surface area (Å²) in [6.07, 6.45) is 0. The van der Waals surface area contributed by atoms with Crippen molar-refractivity contribution in [2.45, 2.75) is 30.9 Å². The summed E-state index contributed by atoms with van der Waals surface area (Å²) < 4.78 is 5.74. The summed E-state index contributed by atoms with van der Waals surface area (Å²) in [6, 6.07) is 8.62. The maximum absolute atomic E-state index is 5.74. The fourth-order valence-corrected chi connectivity index (χ4v) is 4.12. The molecule has 0 amide bonds. The monoisotopic (exact) mass is 235 g/mol. The Labute approximate surface area is 101 Å². The molecule has 0 aromatic heterocycles. The maximum Gasteiger partial charge on any atom is 0.115 e. The fraction of sp³-hybridized carbons (Fsp3) is 0.538. The van der Waals surface area contributed by atoms with Gasteiger partial charge in [-0.1, -0.05) is 24.3 Å². The molecule has 1 unspecified atom stereocenters. The smallest absolute Gasteiger partial charge is 0.115 e. The minimum atomic E-state index is -0.0155. The highest BCUT2D eigenvalue weighted by Crippen LogP contribution is 2.46. The number of ether oxygens (including phenoxy) is 1. The van der Waals surface area contributed by atoms with E-state index in [1.165, 1.54) is 11.1 Å². The van der Waals surface area contributed by atoms with Crippen LogP contribution in [-0.4, -0.2) is 17.9 Å². The van der Waals surface area contributed by atoms with Gasteiger partial charge in [-0.3, -0.25) is 5.32 Å². The molecule has 3 heteroatoms. The van der Waals surface area contributed by atoms with E-state index in [2.05, 4.69) is 43.4 Å². The third-order valence-corrected chi connectivity index (χ3v) is 5.03. The predicted octanol–water partition coefficient (Wildman–Crippen LogP) is 2.48. The van der Waals surface area contributed by atoms with Gasteiger partial charge in [0.15, 0.2) is 0 Å². The molecule has 0 radical (unpaired) electrons. The summed E-state index contributed by atoms with van der Waals surface area (Å²) in [5.74, 6) is 1.13. The first-order valence-corrected chi connectivity index (χ1v) is 6.69. The Balaban J connectivity index is 2.05. The van der Waals surface area contributed by atoms with Crippen molar-refractivity contribution in [1.82, 2.24) is 5.32 Å². The summed E-state index contributed by atoms with van der Waals surface area (Å²) in [4.78, 5) is -0.0155. The standard InChI is InChI=1S/C13H17NOS/c1-12(2)9-16-13(14-12)8-15-7-10-5-3-4-6-11(10)13/h3-6,14H,7-9H2,1-2H3. The number of thioether (sulfide) groups is 1. The van der Waals surface area contributed by atoms with Crippen molar-refractivity contribution in [2.75, 3.05) is 12.4 Å². The van der Waals surface area contributed by atoms with Crippen molar-refractivity contribution in [1.29, 1.82) is 0 Å². The molecular formula is C13H17NOS. The van der Waals surface area contributed by atoms with Crippen molar-refractivity contribution in [3.8, 4) is 0 Å². The number of hydrogen-bond donors (Lipinski definition) is 1. The Morgan fingerprint density at radius 3 is 2.88 bits per heavy atom. The van der Waals surface area contributed by atoms with Gasteiger partial charge in [0.2, 0.25) is 0 Å². The number of hydrogen-bond acceptors (Lipinski definition) is 3. The second-order valence-electron chi connectivity index (χ2n) is 5.27. The molecule has 1 fully saturated rings.